The summed E-state index contributed by atoms with van der Waals surface area (Å²) < 4.78 is 5.32. The number of hydrogen-bond donors (Lipinski definition) is 1. The van der Waals surface area contributed by atoms with Gasteiger partial charge in [-0.15, -0.1) is 0 Å². The summed E-state index contributed by atoms with van der Waals surface area (Å²) in [6, 6.07) is 5.76. The van der Waals surface area contributed by atoms with E-state index in [2.05, 4.69) is 4.90 Å². The maximum atomic E-state index is 9.32. The second kappa shape index (κ2) is 4.93. The minimum atomic E-state index is 0.176. The molecule has 1 aliphatic rings. The van der Waals surface area contributed by atoms with Crippen molar-refractivity contribution in [2.24, 2.45) is 0 Å². The van der Waals surface area contributed by atoms with E-state index >= 15 is 0 Å². The van der Waals surface area contributed by atoms with Crippen LogP contribution in [0.3, 0.4) is 0 Å². The Morgan fingerprint density at radius 3 is 3.06 bits per heavy atom. The first-order valence-corrected chi connectivity index (χ1v) is 5.85. The Morgan fingerprint density at radius 1 is 1.56 bits per heavy atom. The predicted octanol–water partition coefficient (Wildman–Crippen LogP) is 2.31. The summed E-state index contributed by atoms with van der Waals surface area (Å²) in [4.78, 5) is 2.17. The fraction of sp³-hybridized carbons (Fsp3) is 0.500. The average Bonchev–Trinajstić information content (AvgIpc) is 2.76. The van der Waals surface area contributed by atoms with Gasteiger partial charge in [-0.05, 0) is 31.0 Å². The molecular weight excluding hydrogens is 226 g/mol. The molecule has 1 unspecified atom stereocenters. The van der Waals surface area contributed by atoms with E-state index < -0.39 is 0 Å². The third-order valence-electron chi connectivity index (χ3n) is 3.04. The molecule has 0 spiro atoms. The molecule has 1 atom stereocenters. The van der Waals surface area contributed by atoms with Crippen molar-refractivity contribution < 1.29 is 9.84 Å². The number of aliphatic hydroxyl groups is 1. The zero-order valence-corrected chi connectivity index (χ0v) is 10.1. The zero-order valence-electron chi connectivity index (χ0n) is 9.32. The maximum Gasteiger partial charge on any atom is 0.142 e. The molecule has 0 radical (unpaired) electrons. The summed E-state index contributed by atoms with van der Waals surface area (Å²) in [5.41, 5.74) is 0.978. The lowest BCUT2D eigenvalue weighted by Gasteiger charge is -2.27. The van der Waals surface area contributed by atoms with Crippen molar-refractivity contribution in [3.05, 3.63) is 23.2 Å². The lowest BCUT2D eigenvalue weighted by Crippen LogP contribution is -2.32. The van der Waals surface area contributed by atoms with Crippen LogP contribution in [-0.2, 0) is 0 Å². The molecule has 1 fully saturated rings. The van der Waals surface area contributed by atoms with Gasteiger partial charge in [-0.25, -0.2) is 0 Å². The quantitative estimate of drug-likeness (QED) is 0.882. The van der Waals surface area contributed by atoms with Gasteiger partial charge in [-0.1, -0.05) is 11.6 Å². The fourth-order valence-corrected chi connectivity index (χ4v) is 2.40. The van der Waals surface area contributed by atoms with Crippen molar-refractivity contribution in [3.8, 4) is 5.75 Å². The van der Waals surface area contributed by atoms with Gasteiger partial charge in [0.1, 0.15) is 5.75 Å². The topological polar surface area (TPSA) is 32.7 Å². The summed E-state index contributed by atoms with van der Waals surface area (Å²) in [6.07, 6.45) is 2.12. The largest absolute Gasteiger partial charge is 0.495 e. The van der Waals surface area contributed by atoms with Gasteiger partial charge in [-0.2, -0.15) is 0 Å². The highest BCUT2D eigenvalue weighted by molar-refractivity contribution is 6.30. The van der Waals surface area contributed by atoms with Crippen LogP contribution in [0, 0.1) is 0 Å². The van der Waals surface area contributed by atoms with Crippen molar-refractivity contribution in [2.45, 2.75) is 18.9 Å². The van der Waals surface area contributed by atoms with E-state index in [4.69, 9.17) is 16.3 Å². The summed E-state index contributed by atoms with van der Waals surface area (Å²) in [6.45, 7) is 1.12. The molecule has 1 heterocycles. The van der Waals surface area contributed by atoms with Crippen LogP contribution in [0.1, 0.15) is 12.8 Å². The van der Waals surface area contributed by atoms with Gasteiger partial charge in [0, 0.05) is 11.6 Å². The Hall–Kier alpha value is -0.930. The Bertz CT molecular complexity index is 370. The van der Waals surface area contributed by atoms with Crippen molar-refractivity contribution in [3.63, 3.8) is 0 Å². The molecule has 1 aliphatic heterocycles. The van der Waals surface area contributed by atoms with E-state index in [0.29, 0.717) is 5.02 Å². The molecule has 0 amide bonds. The second-order valence-electron chi connectivity index (χ2n) is 3.99. The van der Waals surface area contributed by atoms with Crippen LogP contribution >= 0.6 is 11.6 Å². The Labute approximate surface area is 101 Å². The number of anilines is 1. The SMILES string of the molecule is COc1ccc(Cl)cc1N1CCCC1CO. The Kier molecular flexibility index (Phi) is 3.56. The van der Waals surface area contributed by atoms with E-state index in [-0.39, 0.29) is 12.6 Å². The molecular formula is C12H16ClNO2. The monoisotopic (exact) mass is 241 g/mol. The lowest BCUT2D eigenvalue weighted by atomic mass is 10.2. The highest BCUT2D eigenvalue weighted by atomic mass is 35.5. The average molecular weight is 242 g/mol. The minimum absolute atomic E-state index is 0.176. The second-order valence-corrected chi connectivity index (χ2v) is 4.42. The third-order valence-corrected chi connectivity index (χ3v) is 3.27. The number of halogens is 1. The molecule has 1 saturated heterocycles. The van der Waals surface area contributed by atoms with Crippen LogP contribution in [0.15, 0.2) is 18.2 Å². The number of rotatable bonds is 3. The molecule has 0 aromatic heterocycles. The van der Waals surface area contributed by atoms with Gasteiger partial charge in [-0.3, -0.25) is 0 Å². The summed E-state index contributed by atoms with van der Waals surface area (Å²) >= 11 is 6.00. The number of ether oxygens (including phenoxy) is 1. The van der Waals surface area contributed by atoms with Crippen molar-refractivity contribution in [2.75, 3.05) is 25.2 Å². The van der Waals surface area contributed by atoms with E-state index in [1.54, 1.807) is 7.11 Å². The van der Waals surface area contributed by atoms with Crippen LogP contribution < -0.4 is 9.64 Å². The molecule has 0 bridgehead atoms. The number of nitrogens with zero attached hydrogens (tertiary/aromatic N) is 1. The molecule has 0 aliphatic carbocycles. The number of hydrogen-bond acceptors (Lipinski definition) is 3. The smallest absolute Gasteiger partial charge is 0.142 e. The molecule has 2 rings (SSSR count). The normalized spacial score (nSPS) is 20.2. The Morgan fingerprint density at radius 2 is 2.38 bits per heavy atom. The maximum absolute atomic E-state index is 9.32. The first kappa shape index (κ1) is 11.6. The van der Waals surface area contributed by atoms with Crippen molar-refractivity contribution in [1.82, 2.24) is 0 Å². The van der Waals surface area contributed by atoms with E-state index in [0.717, 1.165) is 30.8 Å². The molecule has 1 aromatic rings. The molecule has 16 heavy (non-hydrogen) atoms. The van der Waals surface area contributed by atoms with Crippen molar-refractivity contribution in [1.29, 1.82) is 0 Å². The standard InChI is InChI=1S/C12H16ClNO2/c1-16-12-5-4-9(13)7-11(12)14-6-2-3-10(14)8-15/h4-5,7,10,15H,2-3,6,8H2,1H3. The minimum Gasteiger partial charge on any atom is -0.495 e. The van der Waals surface area contributed by atoms with Gasteiger partial charge >= 0.3 is 0 Å². The van der Waals surface area contributed by atoms with Gasteiger partial charge in [0.05, 0.1) is 25.4 Å². The van der Waals surface area contributed by atoms with E-state index in [1.807, 2.05) is 18.2 Å². The van der Waals surface area contributed by atoms with Gasteiger partial charge < -0.3 is 14.7 Å². The third kappa shape index (κ3) is 2.11. The van der Waals surface area contributed by atoms with Crippen LogP contribution in [0.5, 0.6) is 5.75 Å². The summed E-state index contributed by atoms with van der Waals surface area (Å²) in [7, 11) is 1.65. The van der Waals surface area contributed by atoms with Crippen LogP contribution in [0.2, 0.25) is 5.02 Å². The molecule has 1 aromatic carbocycles. The van der Waals surface area contributed by atoms with E-state index in [9.17, 15) is 5.11 Å². The Balaban J connectivity index is 2.34. The highest BCUT2D eigenvalue weighted by Crippen LogP contribution is 2.35. The summed E-state index contributed by atoms with van der Waals surface area (Å²) in [5.74, 6) is 0.810. The first-order chi connectivity index (χ1) is 7.76. The highest BCUT2D eigenvalue weighted by Gasteiger charge is 2.26. The van der Waals surface area contributed by atoms with E-state index in [1.165, 1.54) is 0 Å². The molecule has 88 valence electrons. The molecule has 1 N–H and O–H groups in total. The number of aliphatic hydroxyl groups excluding tert-OH is 1. The predicted molar refractivity (Wildman–Crippen MR) is 65.5 cm³/mol. The van der Waals surface area contributed by atoms with Crippen molar-refractivity contribution >= 4 is 17.3 Å². The van der Waals surface area contributed by atoms with Crippen LogP contribution in [-0.4, -0.2) is 31.4 Å². The van der Waals surface area contributed by atoms with Crippen LogP contribution in [0.25, 0.3) is 0 Å². The lowest BCUT2D eigenvalue weighted by molar-refractivity contribution is 0.266. The fourth-order valence-electron chi connectivity index (χ4n) is 2.23. The molecule has 0 saturated carbocycles. The number of methoxy groups -OCH3 is 1. The summed E-state index contributed by atoms with van der Waals surface area (Å²) in [5, 5.41) is 10.0. The first-order valence-electron chi connectivity index (χ1n) is 5.47. The van der Waals surface area contributed by atoms with Gasteiger partial charge in [0.25, 0.3) is 0 Å². The molecule has 3 nitrogen and oxygen atoms in total. The van der Waals surface area contributed by atoms with Gasteiger partial charge in [0.2, 0.25) is 0 Å². The molecule has 4 heteroatoms. The number of benzene rings is 1. The van der Waals surface area contributed by atoms with Gasteiger partial charge in [0.15, 0.2) is 0 Å². The van der Waals surface area contributed by atoms with Crippen LogP contribution in [0.4, 0.5) is 5.69 Å². The zero-order chi connectivity index (χ0) is 11.5.